The first kappa shape index (κ1) is 32.7. The highest BCUT2D eigenvalue weighted by molar-refractivity contribution is 5.90. The number of H-pyrrole nitrogens is 1. The fraction of sp³-hybridized carbons (Fsp3) is 0.560. The third-order valence-electron chi connectivity index (χ3n) is 6.15. The Morgan fingerprint density at radius 2 is 1.64 bits per heavy atom. The molecule has 1 aromatic carbocycles. The maximum Gasteiger partial charge on any atom is 0.390 e. The van der Waals surface area contributed by atoms with Crippen LogP contribution < -0.4 is 10.6 Å². The van der Waals surface area contributed by atoms with E-state index in [1.54, 1.807) is 18.2 Å². The Bertz CT molecular complexity index is 1330. The zero-order chi connectivity index (χ0) is 31.0. The zero-order valence-corrected chi connectivity index (χ0v) is 22.2. The van der Waals surface area contributed by atoms with E-state index in [4.69, 9.17) is 0 Å². The Morgan fingerprint density at radius 1 is 0.952 bits per heavy atom. The van der Waals surface area contributed by atoms with Crippen LogP contribution in [0.15, 0.2) is 24.5 Å². The second-order valence-electron chi connectivity index (χ2n) is 9.70. The van der Waals surface area contributed by atoms with Gasteiger partial charge in [0, 0.05) is 25.8 Å². The van der Waals surface area contributed by atoms with E-state index in [0.717, 1.165) is 17.4 Å². The molecule has 0 aliphatic heterocycles. The number of aryl methyl sites for hydroxylation is 1. The van der Waals surface area contributed by atoms with Gasteiger partial charge in [0.05, 0.1) is 37.0 Å². The SMILES string of the molecule is FC1(F)CCCCC1.O=C(CCC(F)(F)F)NCc1ccc2nc(CNC(=O)c3ncnn3CCC(F)(F)F)[nH]c2c1. The summed E-state index contributed by atoms with van der Waals surface area (Å²) in [4.78, 5) is 34.8. The van der Waals surface area contributed by atoms with Gasteiger partial charge < -0.3 is 15.6 Å². The Kier molecular flexibility index (Phi) is 10.8. The van der Waals surface area contributed by atoms with Crippen molar-refractivity contribution in [2.24, 2.45) is 0 Å². The number of carbonyl (C=O) groups is 2. The average Bonchev–Trinajstić information content (AvgIpc) is 3.54. The van der Waals surface area contributed by atoms with Crippen LogP contribution in [0.3, 0.4) is 0 Å². The van der Waals surface area contributed by atoms with Crippen molar-refractivity contribution in [3.63, 3.8) is 0 Å². The van der Waals surface area contributed by atoms with Crippen molar-refractivity contribution in [3.05, 3.63) is 41.7 Å². The minimum absolute atomic E-state index is 0.0192. The summed E-state index contributed by atoms with van der Waals surface area (Å²) in [7, 11) is 0. The van der Waals surface area contributed by atoms with E-state index in [2.05, 4.69) is 30.7 Å². The Morgan fingerprint density at radius 3 is 2.26 bits per heavy atom. The molecule has 0 bridgehead atoms. The van der Waals surface area contributed by atoms with Gasteiger partial charge in [-0.2, -0.15) is 31.4 Å². The van der Waals surface area contributed by atoms with Crippen LogP contribution in [0.4, 0.5) is 35.1 Å². The molecule has 0 atom stereocenters. The normalized spacial score (nSPS) is 15.1. The molecule has 3 N–H and O–H groups in total. The number of nitrogens with zero attached hydrogens (tertiary/aromatic N) is 4. The number of hydrogen-bond donors (Lipinski definition) is 3. The largest absolute Gasteiger partial charge is 0.390 e. The van der Waals surface area contributed by atoms with Gasteiger partial charge in [0.25, 0.3) is 5.91 Å². The van der Waals surface area contributed by atoms with Crippen LogP contribution in [0.1, 0.15) is 73.4 Å². The molecule has 0 saturated heterocycles. The van der Waals surface area contributed by atoms with Crippen LogP contribution in [0.2, 0.25) is 0 Å². The van der Waals surface area contributed by atoms with E-state index in [1.807, 2.05) is 0 Å². The number of hydrogen-bond acceptors (Lipinski definition) is 5. The standard InChI is InChI=1S/C19H19F6N7O2.C6H10F2/c20-18(21,22)4-3-15(33)26-8-11-1-2-12-13(7-11)31-14(30-12)9-27-17(34)16-28-10-29-32(16)6-5-19(23,24)25;7-6(8)4-2-1-3-5-6/h1-2,7,10H,3-6,8-9H2,(H,26,33)(H,27,34)(H,30,31);1-5H2. The molecule has 2 amide bonds. The number of rotatable bonds is 9. The molecule has 0 radical (unpaired) electrons. The first-order valence-electron chi connectivity index (χ1n) is 13.0. The predicted molar refractivity (Wildman–Crippen MR) is 133 cm³/mol. The first-order valence-corrected chi connectivity index (χ1v) is 13.0. The van der Waals surface area contributed by atoms with Gasteiger partial charge in [-0.05, 0) is 30.5 Å². The number of aromatic nitrogens is 5. The van der Waals surface area contributed by atoms with Crippen LogP contribution in [-0.2, 0) is 24.4 Å². The molecule has 1 aliphatic rings. The van der Waals surface area contributed by atoms with Crippen LogP contribution in [0, 0.1) is 0 Å². The monoisotopic (exact) mass is 611 g/mol. The van der Waals surface area contributed by atoms with Gasteiger partial charge in [0.2, 0.25) is 17.7 Å². The molecule has 1 saturated carbocycles. The molecule has 1 fully saturated rings. The van der Waals surface area contributed by atoms with E-state index in [9.17, 15) is 44.7 Å². The number of carbonyl (C=O) groups excluding carboxylic acids is 2. The number of benzene rings is 1. The lowest BCUT2D eigenvalue weighted by molar-refractivity contribution is -0.144. The highest BCUT2D eigenvalue weighted by atomic mass is 19.4. The van der Waals surface area contributed by atoms with Gasteiger partial charge in [-0.25, -0.2) is 23.4 Å². The van der Waals surface area contributed by atoms with Gasteiger partial charge in [-0.3, -0.25) is 9.59 Å². The zero-order valence-electron chi connectivity index (χ0n) is 22.2. The lowest BCUT2D eigenvalue weighted by Crippen LogP contribution is -2.28. The van der Waals surface area contributed by atoms with Crippen molar-refractivity contribution in [1.29, 1.82) is 0 Å². The molecule has 1 aliphatic carbocycles. The van der Waals surface area contributed by atoms with E-state index in [-0.39, 0.29) is 31.8 Å². The van der Waals surface area contributed by atoms with Crippen LogP contribution in [0.5, 0.6) is 0 Å². The summed E-state index contributed by atoms with van der Waals surface area (Å²) in [5.74, 6) is -3.71. The Balaban J connectivity index is 0.000000521. The lowest BCUT2D eigenvalue weighted by Gasteiger charge is -2.20. The maximum atomic E-state index is 12.4. The molecule has 9 nitrogen and oxygen atoms in total. The van der Waals surface area contributed by atoms with Gasteiger partial charge >= 0.3 is 12.4 Å². The summed E-state index contributed by atoms with van der Waals surface area (Å²) in [6, 6.07) is 4.91. The third kappa shape index (κ3) is 11.2. The summed E-state index contributed by atoms with van der Waals surface area (Å²) in [6.07, 6.45) is -8.19. The minimum Gasteiger partial charge on any atom is -0.352 e. The summed E-state index contributed by atoms with van der Waals surface area (Å²) in [5, 5.41) is 8.53. The molecule has 4 rings (SSSR count). The van der Waals surface area contributed by atoms with Crippen LogP contribution in [0.25, 0.3) is 11.0 Å². The van der Waals surface area contributed by atoms with Gasteiger partial charge in [0.1, 0.15) is 12.2 Å². The summed E-state index contributed by atoms with van der Waals surface area (Å²) < 4.78 is 99.0. The van der Waals surface area contributed by atoms with Crippen molar-refractivity contribution in [2.75, 3.05) is 0 Å². The topological polar surface area (TPSA) is 118 Å². The molecular weight excluding hydrogens is 582 g/mol. The van der Waals surface area contributed by atoms with Crippen molar-refractivity contribution < 1.29 is 44.7 Å². The summed E-state index contributed by atoms with van der Waals surface area (Å²) in [6.45, 7) is -0.610. The average molecular weight is 612 g/mol. The van der Waals surface area contributed by atoms with E-state index < -0.39 is 55.9 Å². The molecule has 2 aromatic heterocycles. The van der Waals surface area contributed by atoms with E-state index >= 15 is 0 Å². The third-order valence-corrected chi connectivity index (χ3v) is 6.15. The van der Waals surface area contributed by atoms with E-state index in [0.29, 0.717) is 35.3 Å². The highest BCUT2D eigenvalue weighted by Gasteiger charge is 2.30. The Labute approximate surface area is 234 Å². The van der Waals surface area contributed by atoms with Crippen molar-refractivity contribution in [3.8, 4) is 0 Å². The van der Waals surface area contributed by atoms with Crippen molar-refractivity contribution in [2.45, 2.75) is 89.3 Å². The number of nitrogens with one attached hydrogen (secondary N) is 3. The number of imidazole rings is 1. The lowest BCUT2D eigenvalue weighted by atomic mass is 9.97. The predicted octanol–water partition coefficient (Wildman–Crippen LogP) is 5.58. The number of fused-ring (bicyclic) bond motifs is 1. The van der Waals surface area contributed by atoms with Crippen LogP contribution >= 0.6 is 0 Å². The fourth-order valence-corrected chi connectivity index (χ4v) is 4.00. The number of halogens is 8. The maximum absolute atomic E-state index is 12.4. The number of amides is 2. The molecule has 0 spiro atoms. The van der Waals surface area contributed by atoms with Crippen molar-refractivity contribution >= 4 is 22.8 Å². The first-order chi connectivity index (χ1) is 19.6. The molecular formula is C25H29F8N7O2. The Hall–Kier alpha value is -3.79. The second-order valence-corrected chi connectivity index (χ2v) is 9.70. The summed E-state index contributed by atoms with van der Waals surface area (Å²) in [5.41, 5.74) is 1.70. The van der Waals surface area contributed by atoms with Gasteiger partial charge in [-0.15, -0.1) is 0 Å². The van der Waals surface area contributed by atoms with Gasteiger partial charge in [0.15, 0.2) is 0 Å². The van der Waals surface area contributed by atoms with Gasteiger partial charge in [-0.1, -0.05) is 12.5 Å². The molecule has 42 heavy (non-hydrogen) atoms. The fourth-order valence-electron chi connectivity index (χ4n) is 4.00. The van der Waals surface area contributed by atoms with E-state index in [1.165, 1.54) is 0 Å². The van der Waals surface area contributed by atoms with Crippen molar-refractivity contribution in [1.82, 2.24) is 35.4 Å². The molecule has 232 valence electrons. The quantitative estimate of drug-likeness (QED) is 0.273. The number of alkyl halides is 8. The second kappa shape index (κ2) is 13.9. The molecule has 0 unspecified atom stereocenters. The molecule has 2 heterocycles. The molecule has 17 heteroatoms. The smallest absolute Gasteiger partial charge is 0.352 e. The molecule has 3 aromatic rings. The number of aromatic amines is 1. The minimum atomic E-state index is -4.41. The van der Waals surface area contributed by atoms with Crippen LogP contribution in [-0.4, -0.2) is 54.8 Å². The highest BCUT2D eigenvalue weighted by Crippen LogP contribution is 2.32. The summed E-state index contributed by atoms with van der Waals surface area (Å²) >= 11 is 0.